The molecule has 0 N–H and O–H groups in total. The fourth-order valence-corrected chi connectivity index (χ4v) is 1.83. The lowest BCUT2D eigenvalue weighted by Crippen LogP contribution is -2.31. The molecular weight excluding hydrogens is 257 g/mol. The molecule has 0 aliphatic carbocycles. The van der Waals surface area contributed by atoms with Gasteiger partial charge in [-0.3, -0.25) is 4.79 Å². The van der Waals surface area contributed by atoms with Crippen molar-refractivity contribution < 1.29 is 13.2 Å². The second-order valence-corrected chi connectivity index (χ2v) is 4.06. The number of benzene rings is 1. The second-order valence-electron chi connectivity index (χ2n) is 4.06. The lowest BCUT2D eigenvalue weighted by Gasteiger charge is -2.16. The molecule has 1 aromatic heterocycles. The van der Waals surface area contributed by atoms with Crippen LogP contribution in [0.15, 0.2) is 41.2 Å². The zero-order valence-corrected chi connectivity index (χ0v) is 9.69. The minimum atomic E-state index is -4.65. The van der Waals surface area contributed by atoms with Crippen molar-refractivity contribution in [1.29, 1.82) is 5.26 Å². The average Bonchev–Trinajstić information content (AvgIpc) is 2.36. The normalized spacial score (nSPS) is 13.2. The Hall–Kier alpha value is -2.29. The van der Waals surface area contributed by atoms with Gasteiger partial charge in [0.1, 0.15) is 0 Å². The number of fused-ring (bicyclic) bond motifs is 1. The number of hydrogen-bond acceptors (Lipinski definition) is 2. The van der Waals surface area contributed by atoms with E-state index in [1.807, 2.05) is 0 Å². The quantitative estimate of drug-likeness (QED) is 0.839. The molecule has 1 aromatic carbocycles. The Morgan fingerprint density at radius 3 is 2.53 bits per heavy atom. The van der Waals surface area contributed by atoms with Crippen LogP contribution in [0.1, 0.15) is 0 Å². The summed E-state index contributed by atoms with van der Waals surface area (Å²) in [6.45, 7) is -0.694. The highest BCUT2D eigenvalue weighted by Crippen LogP contribution is 2.27. The van der Waals surface area contributed by atoms with E-state index in [-0.39, 0.29) is 0 Å². The Morgan fingerprint density at radius 1 is 1.21 bits per heavy atom. The molecule has 2 aromatic rings. The summed E-state index contributed by atoms with van der Waals surface area (Å²) in [6, 6.07) is 10.6. The monoisotopic (exact) mass is 266 g/mol. The summed E-state index contributed by atoms with van der Waals surface area (Å²) in [6.07, 6.45) is -4.65. The predicted molar refractivity (Wildman–Crippen MR) is 63.4 cm³/mol. The van der Waals surface area contributed by atoms with E-state index in [0.29, 0.717) is 10.9 Å². The zero-order chi connectivity index (χ0) is 14.0. The Kier molecular flexibility index (Phi) is 3.30. The Labute approximate surface area is 106 Å². The van der Waals surface area contributed by atoms with Gasteiger partial charge >= 0.3 is 6.18 Å². The van der Waals surface area contributed by atoms with Gasteiger partial charge in [-0.1, -0.05) is 18.2 Å². The minimum Gasteiger partial charge on any atom is -0.307 e. The van der Waals surface area contributed by atoms with Gasteiger partial charge in [-0.25, -0.2) is 0 Å². The van der Waals surface area contributed by atoms with Gasteiger partial charge in [-0.2, -0.15) is 18.4 Å². The smallest absolute Gasteiger partial charge is 0.307 e. The number of alkyl halides is 3. The van der Waals surface area contributed by atoms with Gasteiger partial charge < -0.3 is 4.57 Å². The molecule has 0 spiro atoms. The average molecular weight is 266 g/mol. The fraction of sp³-hybridized carbons (Fsp3) is 0.231. The summed E-state index contributed by atoms with van der Waals surface area (Å²) in [5.41, 5.74) is -0.164. The van der Waals surface area contributed by atoms with Gasteiger partial charge in [0.15, 0.2) is 5.92 Å². The molecule has 98 valence electrons. The van der Waals surface area contributed by atoms with Crippen LogP contribution in [0.2, 0.25) is 0 Å². The van der Waals surface area contributed by atoms with Gasteiger partial charge in [0.25, 0.3) is 5.56 Å². The molecule has 0 fully saturated rings. The van der Waals surface area contributed by atoms with Crippen LogP contribution in [0.4, 0.5) is 13.2 Å². The summed E-state index contributed by atoms with van der Waals surface area (Å²) < 4.78 is 38.8. The first-order valence-corrected chi connectivity index (χ1v) is 5.48. The first-order valence-electron chi connectivity index (χ1n) is 5.48. The Bertz CT molecular complexity index is 697. The highest BCUT2D eigenvalue weighted by atomic mass is 19.4. The molecule has 1 heterocycles. The zero-order valence-electron chi connectivity index (χ0n) is 9.69. The number of rotatable bonds is 2. The maximum absolute atomic E-state index is 12.6. The molecule has 3 nitrogen and oxygen atoms in total. The van der Waals surface area contributed by atoms with Crippen LogP contribution in [0.25, 0.3) is 10.9 Å². The number of aromatic nitrogens is 1. The number of nitriles is 1. The van der Waals surface area contributed by atoms with E-state index >= 15 is 0 Å². The summed E-state index contributed by atoms with van der Waals surface area (Å²) >= 11 is 0. The molecule has 0 aliphatic heterocycles. The van der Waals surface area contributed by atoms with Crippen LogP contribution >= 0.6 is 0 Å². The van der Waals surface area contributed by atoms with Crippen LogP contribution < -0.4 is 5.56 Å². The first-order chi connectivity index (χ1) is 8.93. The standard InChI is InChI=1S/C13H9F3N2O/c14-13(15,16)10(7-17)8-18-11-4-2-1-3-9(11)5-6-12(18)19/h1-6,10H,8H2. The Morgan fingerprint density at radius 2 is 1.89 bits per heavy atom. The lowest BCUT2D eigenvalue weighted by molar-refractivity contribution is -0.161. The Balaban J connectivity index is 2.54. The largest absolute Gasteiger partial charge is 0.406 e. The number of pyridine rings is 1. The summed E-state index contributed by atoms with van der Waals surface area (Å²) in [5, 5.41) is 9.25. The third kappa shape index (κ3) is 2.60. The van der Waals surface area contributed by atoms with E-state index in [1.165, 1.54) is 12.1 Å². The van der Waals surface area contributed by atoms with E-state index < -0.39 is 24.2 Å². The summed E-state index contributed by atoms with van der Waals surface area (Å²) in [4.78, 5) is 11.7. The summed E-state index contributed by atoms with van der Waals surface area (Å²) in [5.74, 6) is -2.20. The van der Waals surface area contributed by atoms with Crippen LogP contribution in [-0.2, 0) is 6.54 Å². The van der Waals surface area contributed by atoms with E-state index in [9.17, 15) is 18.0 Å². The summed E-state index contributed by atoms with van der Waals surface area (Å²) in [7, 11) is 0. The van der Waals surface area contributed by atoms with Crippen molar-refractivity contribution in [1.82, 2.24) is 4.57 Å². The second kappa shape index (κ2) is 4.76. The number of para-hydroxylation sites is 1. The van der Waals surface area contributed by atoms with Crippen molar-refractivity contribution >= 4 is 10.9 Å². The van der Waals surface area contributed by atoms with Gasteiger partial charge in [0.2, 0.25) is 0 Å². The van der Waals surface area contributed by atoms with Crippen molar-refractivity contribution in [2.75, 3.05) is 0 Å². The van der Waals surface area contributed by atoms with E-state index in [2.05, 4.69) is 0 Å². The van der Waals surface area contributed by atoms with Crippen LogP contribution in [-0.4, -0.2) is 10.7 Å². The topological polar surface area (TPSA) is 45.8 Å². The molecular formula is C13H9F3N2O. The molecule has 0 saturated heterocycles. The third-order valence-corrected chi connectivity index (χ3v) is 2.82. The van der Waals surface area contributed by atoms with E-state index in [4.69, 9.17) is 5.26 Å². The molecule has 19 heavy (non-hydrogen) atoms. The highest BCUT2D eigenvalue weighted by molar-refractivity contribution is 5.78. The third-order valence-electron chi connectivity index (χ3n) is 2.82. The number of halogens is 3. The van der Waals surface area contributed by atoms with Gasteiger partial charge in [0, 0.05) is 6.07 Å². The fourth-order valence-electron chi connectivity index (χ4n) is 1.83. The van der Waals surface area contributed by atoms with E-state index in [0.717, 1.165) is 4.57 Å². The molecule has 6 heteroatoms. The SMILES string of the molecule is N#CC(Cn1c(=O)ccc2ccccc21)C(F)(F)F. The predicted octanol–water partition coefficient (Wildman–Crippen LogP) is 2.70. The molecule has 0 saturated carbocycles. The number of hydrogen-bond donors (Lipinski definition) is 0. The molecule has 1 unspecified atom stereocenters. The molecule has 0 aliphatic rings. The molecule has 0 radical (unpaired) electrons. The lowest BCUT2D eigenvalue weighted by atomic mass is 10.1. The molecule has 2 rings (SSSR count). The number of nitrogens with zero attached hydrogens (tertiary/aromatic N) is 2. The van der Waals surface area contributed by atoms with E-state index in [1.54, 1.807) is 30.3 Å². The van der Waals surface area contributed by atoms with Gasteiger partial charge in [-0.15, -0.1) is 0 Å². The maximum Gasteiger partial charge on any atom is 0.406 e. The van der Waals surface area contributed by atoms with Crippen molar-refractivity contribution in [3.8, 4) is 6.07 Å². The van der Waals surface area contributed by atoms with Crippen LogP contribution in [0, 0.1) is 17.2 Å². The minimum absolute atomic E-state index is 0.388. The van der Waals surface area contributed by atoms with Crippen molar-refractivity contribution in [3.05, 3.63) is 46.8 Å². The van der Waals surface area contributed by atoms with Crippen LogP contribution in [0.3, 0.4) is 0 Å². The van der Waals surface area contributed by atoms with Crippen molar-refractivity contribution in [2.24, 2.45) is 5.92 Å². The van der Waals surface area contributed by atoms with Gasteiger partial charge in [0.05, 0.1) is 18.1 Å². The molecule has 1 atom stereocenters. The molecule has 0 bridgehead atoms. The van der Waals surface area contributed by atoms with Gasteiger partial charge in [-0.05, 0) is 17.5 Å². The van der Waals surface area contributed by atoms with Crippen molar-refractivity contribution in [3.63, 3.8) is 0 Å². The van der Waals surface area contributed by atoms with Crippen molar-refractivity contribution in [2.45, 2.75) is 12.7 Å². The van der Waals surface area contributed by atoms with Crippen LogP contribution in [0.5, 0.6) is 0 Å². The maximum atomic E-state index is 12.6. The first kappa shape index (κ1) is 13.1. The molecule has 0 amide bonds. The highest BCUT2D eigenvalue weighted by Gasteiger charge is 2.40.